The second-order valence-electron chi connectivity index (χ2n) is 9.46. The summed E-state index contributed by atoms with van der Waals surface area (Å²) in [4.78, 5) is 28.3. The number of benzene rings is 3. The highest BCUT2D eigenvalue weighted by Crippen LogP contribution is 2.28. The summed E-state index contributed by atoms with van der Waals surface area (Å²) < 4.78 is 26.6. The number of nitrogens with one attached hydrogen (secondary N) is 1. The molecule has 0 aliphatic rings. The third kappa shape index (κ3) is 8.61. The van der Waals surface area contributed by atoms with Crippen molar-refractivity contribution in [2.45, 2.75) is 38.8 Å². The van der Waals surface area contributed by atoms with Crippen LogP contribution in [0, 0.1) is 6.92 Å². The van der Waals surface area contributed by atoms with Crippen molar-refractivity contribution in [1.82, 2.24) is 10.2 Å². The van der Waals surface area contributed by atoms with Gasteiger partial charge >= 0.3 is 0 Å². The minimum absolute atomic E-state index is 0.00917. The van der Waals surface area contributed by atoms with Crippen LogP contribution in [0.4, 0.5) is 5.69 Å². The van der Waals surface area contributed by atoms with Crippen LogP contribution in [0.5, 0.6) is 0 Å². The van der Waals surface area contributed by atoms with E-state index in [-0.39, 0.29) is 37.7 Å². The van der Waals surface area contributed by atoms with E-state index in [9.17, 15) is 18.0 Å². The summed E-state index contributed by atoms with van der Waals surface area (Å²) in [7, 11) is -2.12. The molecule has 3 aromatic carbocycles. The van der Waals surface area contributed by atoms with Gasteiger partial charge in [-0.2, -0.15) is 0 Å². The van der Waals surface area contributed by atoms with E-state index in [0.717, 1.165) is 17.4 Å². The molecule has 3 rings (SSSR count). The Morgan fingerprint density at radius 1 is 0.925 bits per heavy atom. The average molecular weight is 625 g/mol. The number of sulfonamides is 1. The molecule has 0 radical (unpaired) electrons. The number of amides is 2. The fourth-order valence-corrected chi connectivity index (χ4v) is 5.89. The summed E-state index contributed by atoms with van der Waals surface area (Å²) in [5.41, 5.74) is 2.80. The Kier molecular flexibility index (Phi) is 11.3. The van der Waals surface area contributed by atoms with Crippen molar-refractivity contribution < 1.29 is 18.0 Å². The lowest BCUT2D eigenvalue weighted by atomic mass is 10.0. The number of rotatable bonds is 12. The molecule has 3 aromatic rings. The van der Waals surface area contributed by atoms with E-state index in [1.807, 2.05) is 30.3 Å². The van der Waals surface area contributed by atoms with Crippen LogP contribution in [0.1, 0.15) is 29.5 Å². The van der Waals surface area contributed by atoms with Gasteiger partial charge in [-0.15, -0.1) is 0 Å². The van der Waals surface area contributed by atoms with E-state index in [0.29, 0.717) is 32.7 Å². The van der Waals surface area contributed by atoms with Crippen molar-refractivity contribution in [2.24, 2.45) is 0 Å². The Morgan fingerprint density at radius 3 is 2.25 bits per heavy atom. The maximum atomic E-state index is 13.7. The molecule has 2 amide bonds. The molecular weight excluding hydrogens is 593 g/mol. The van der Waals surface area contributed by atoms with Gasteiger partial charge in [0.25, 0.3) is 0 Å². The Labute approximate surface area is 251 Å². The molecule has 214 valence electrons. The van der Waals surface area contributed by atoms with Gasteiger partial charge in [0, 0.05) is 38.0 Å². The zero-order valence-electron chi connectivity index (χ0n) is 22.5. The van der Waals surface area contributed by atoms with Gasteiger partial charge in [-0.3, -0.25) is 13.9 Å². The molecule has 0 aromatic heterocycles. The highest BCUT2D eigenvalue weighted by atomic mass is 35.5. The summed E-state index contributed by atoms with van der Waals surface area (Å²) in [6.45, 7) is 1.98. The Hall–Kier alpha value is -2.78. The second-order valence-corrected chi connectivity index (χ2v) is 12.6. The first-order valence-corrected chi connectivity index (χ1v) is 15.6. The smallest absolute Gasteiger partial charge is 0.242 e. The molecule has 1 unspecified atom stereocenters. The van der Waals surface area contributed by atoms with Gasteiger partial charge in [-0.1, -0.05) is 77.3 Å². The van der Waals surface area contributed by atoms with Gasteiger partial charge in [-0.25, -0.2) is 8.42 Å². The molecule has 0 spiro atoms. The topological polar surface area (TPSA) is 86.8 Å². The molecule has 0 aliphatic carbocycles. The first-order chi connectivity index (χ1) is 18.9. The van der Waals surface area contributed by atoms with E-state index in [4.69, 9.17) is 34.8 Å². The van der Waals surface area contributed by atoms with Crippen LogP contribution in [0.25, 0.3) is 0 Å². The fraction of sp³-hybridized carbons (Fsp3) is 0.310. The predicted molar refractivity (Wildman–Crippen MR) is 163 cm³/mol. The van der Waals surface area contributed by atoms with Gasteiger partial charge < -0.3 is 10.2 Å². The standard InChI is InChI=1S/C29H32Cl3N3O4S/c1-20-11-13-23(30)18-26(20)35(40(3,38)39)15-7-10-28(36)34(19-22-12-14-24(31)25(32)16-22)27(29(37)33-2)17-21-8-5-4-6-9-21/h4-6,8-9,11-14,16,18,27H,7,10,15,17,19H2,1-3H3,(H,33,37). The van der Waals surface area contributed by atoms with Crippen LogP contribution in [0.3, 0.4) is 0 Å². The fourth-order valence-electron chi connectivity index (χ4n) is 4.39. The first kappa shape index (κ1) is 31.7. The number of nitrogens with zero attached hydrogens (tertiary/aromatic N) is 2. The summed E-state index contributed by atoms with van der Waals surface area (Å²) in [5, 5.41) is 3.81. The van der Waals surface area contributed by atoms with Gasteiger partial charge in [-0.05, 0) is 54.3 Å². The molecular formula is C29H32Cl3N3O4S. The molecule has 1 N–H and O–H groups in total. The van der Waals surface area contributed by atoms with Gasteiger partial charge in [0.15, 0.2) is 0 Å². The molecule has 11 heteroatoms. The number of aryl methyl sites for hydroxylation is 1. The van der Waals surface area contributed by atoms with Crippen LogP contribution in [0.15, 0.2) is 66.7 Å². The number of carbonyl (C=O) groups is 2. The van der Waals surface area contributed by atoms with Crippen molar-refractivity contribution in [3.63, 3.8) is 0 Å². The zero-order chi connectivity index (χ0) is 29.4. The Balaban J connectivity index is 1.88. The van der Waals surface area contributed by atoms with Crippen LogP contribution in [-0.4, -0.2) is 51.0 Å². The number of hydrogen-bond donors (Lipinski definition) is 1. The monoisotopic (exact) mass is 623 g/mol. The lowest BCUT2D eigenvalue weighted by molar-refractivity contribution is -0.141. The highest BCUT2D eigenvalue weighted by molar-refractivity contribution is 7.92. The van der Waals surface area contributed by atoms with E-state index in [1.165, 1.54) is 16.3 Å². The van der Waals surface area contributed by atoms with E-state index in [2.05, 4.69) is 5.32 Å². The lowest BCUT2D eigenvalue weighted by Crippen LogP contribution is -2.49. The highest BCUT2D eigenvalue weighted by Gasteiger charge is 2.30. The quantitative estimate of drug-likeness (QED) is 0.272. The van der Waals surface area contributed by atoms with Gasteiger partial charge in [0.2, 0.25) is 21.8 Å². The van der Waals surface area contributed by atoms with E-state index >= 15 is 0 Å². The largest absolute Gasteiger partial charge is 0.357 e. The molecule has 0 heterocycles. The number of anilines is 1. The number of halogens is 3. The molecule has 0 fully saturated rings. The molecule has 0 saturated carbocycles. The van der Waals surface area contributed by atoms with Gasteiger partial charge in [0.1, 0.15) is 6.04 Å². The molecule has 0 bridgehead atoms. The van der Waals surface area contributed by atoms with Crippen LogP contribution in [-0.2, 0) is 32.6 Å². The molecule has 7 nitrogen and oxygen atoms in total. The van der Waals surface area contributed by atoms with E-state index in [1.54, 1.807) is 43.3 Å². The Bertz CT molecular complexity index is 1450. The van der Waals surface area contributed by atoms with Crippen molar-refractivity contribution in [2.75, 3.05) is 24.2 Å². The molecule has 1 atom stereocenters. The summed E-state index contributed by atoms with van der Waals surface area (Å²) in [6, 6.07) is 18.7. The zero-order valence-corrected chi connectivity index (χ0v) is 25.6. The Morgan fingerprint density at radius 2 is 1.62 bits per heavy atom. The minimum atomic E-state index is -3.65. The molecule has 0 aliphatic heterocycles. The maximum absolute atomic E-state index is 13.7. The number of hydrogen-bond acceptors (Lipinski definition) is 4. The lowest BCUT2D eigenvalue weighted by Gasteiger charge is -2.32. The second kappa shape index (κ2) is 14.2. The van der Waals surface area contributed by atoms with Crippen molar-refractivity contribution in [1.29, 1.82) is 0 Å². The summed E-state index contributed by atoms with van der Waals surface area (Å²) in [6.07, 6.45) is 1.65. The van der Waals surface area contributed by atoms with Gasteiger partial charge in [0.05, 0.1) is 22.0 Å². The number of likely N-dealkylation sites (N-methyl/N-ethyl adjacent to an activating group) is 1. The van der Waals surface area contributed by atoms with Crippen molar-refractivity contribution >= 4 is 62.3 Å². The van der Waals surface area contributed by atoms with Crippen LogP contribution >= 0.6 is 34.8 Å². The molecule has 0 saturated heterocycles. The minimum Gasteiger partial charge on any atom is -0.357 e. The third-order valence-electron chi connectivity index (χ3n) is 6.45. The summed E-state index contributed by atoms with van der Waals surface area (Å²) in [5.74, 6) is -0.614. The maximum Gasteiger partial charge on any atom is 0.242 e. The van der Waals surface area contributed by atoms with Crippen LogP contribution in [0.2, 0.25) is 15.1 Å². The summed E-state index contributed by atoms with van der Waals surface area (Å²) >= 11 is 18.5. The SMILES string of the molecule is CNC(=O)C(Cc1ccccc1)N(Cc1ccc(Cl)c(Cl)c1)C(=O)CCCN(c1cc(Cl)ccc1C)S(C)(=O)=O. The van der Waals surface area contributed by atoms with E-state index < -0.39 is 16.1 Å². The molecule has 40 heavy (non-hydrogen) atoms. The first-order valence-electron chi connectivity index (χ1n) is 12.6. The average Bonchev–Trinajstić information content (AvgIpc) is 2.91. The third-order valence-corrected chi connectivity index (χ3v) is 8.60. The van der Waals surface area contributed by atoms with Crippen LogP contribution < -0.4 is 9.62 Å². The van der Waals surface area contributed by atoms with Crippen molar-refractivity contribution in [3.8, 4) is 0 Å². The normalized spacial score (nSPS) is 12.1. The van der Waals surface area contributed by atoms with Crippen molar-refractivity contribution in [3.05, 3.63) is 98.5 Å². The number of carbonyl (C=O) groups excluding carboxylic acids is 2. The predicted octanol–water partition coefficient (Wildman–Crippen LogP) is 5.89.